The maximum absolute atomic E-state index is 12.5. The van der Waals surface area contributed by atoms with E-state index in [1.54, 1.807) is 6.29 Å². The zero-order valence-electron chi connectivity index (χ0n) is 33.6. The molecule has 0 aromatic heterocycles. The fraction of sp³-hybridized carbons (Fsp3) is 0.818. The monoisotopic (exact) mass is 809 g/mol. The molecule has 0 bridgehead atoms. The van der Waals surface area contributed by atoms with Crippen LogP contribution in [0, 0.1) is 0 Å². The number of amides is 1. The molecule has 292 valence electrons. The Labute approximate surface area is 408 Å². The summed E-state index contributed by atoms with van der Waals surface area (Å²) < 4.78 is 5.94. The maximum atomic E-state index is 12.5. The molecule has 3 atom stereocenters. The minimum Gasteiger partial charge on any atom is -0.870 e. The largest absolute Gasteiger partial charge is 1.00 e. The van der Waals surface area contributed by atoms with E-state index in [-0.39, 0.29) is 162 Å². The van der Waals surface area contributed by atoms with E-state index in [0.29, 0.717) is 25.7 Å². The molecule has 54 heavy (non-hydrogen) atoms. The average molecular weight is 810 g/mol. The van der Waals surface area contributed by atoms with E-state index in [9.17, 15) is 49.2 Å². The van der Waals surface area contributed by atoms with Crippen LogP contribution in [0.4, 0.5) is 0 Å². The standard InChI is InChI=1S/C33H59N4O12.4Na.H2O/c1-3-4-5-6-8-11-14-27(39)28(48-26(2)33(47)49-35-18-20-37(24-31(43)44)25-32(45)46)15-12-9-7-10-13-16-29(40)34-17-19-36(21-22-38)23-30(41)42;;;;;/h26-28,35,39H,3-21,23-25H2,1-2H3,(H,34,40)(H,41,42)(H,43,44)(H,45,46);;;;;1H2/q-1;4*+1;/p-4. The first-order valence-electron chi connectivity index (χ1n) is 17.3. The van der Waals surface area contributed by atoms with Crippen molar-refractivity contribution in [1.29, 1.82) is 0 Å². The van der Waals surface area contributed by atoms with Crippen LogP contribution in [0.5, 0.6) is 0 Å². The Kier molecular flexibility index (Phi) is 55.3. The number of carboxylic acids is 3. The van der Waals surface area contributed by atoms with Crippen molar-refractivity contribution in [2.75, 3.05) is 52.4 Å². The van der Waals surface area contributed by atoms with Gasteiger partial charge in [-0.2, -0.15) is 5.48 Å². The quantitative estimate of drug-likeness (QED) is 0.0236. The molecule has 0 aliphatic carbocycles. The van der Waals surface area contributed by atoms with Crippen molar-refractivity contribution in [3.05, 3.63) is 0 Å². The zero-order chi connectivity index (χ0) is 36.9. The average Bonchev–Trinajstić information content (AvgIpc) is 3.02. The van der Waals surface area contributed by atoms with Gasteiger partial charge in [0.05, 0.1) is 30.1 Å². The number of aliphatic hydroxyl groups is 1. The third-order valence-corrected chi connectivity index (χ3v) is 7.69. The van der Waals surface area contributed by atoms with E-state index in [0.717, 1.165) is 62.7 Å². The van der Waals surface area contributed by atoms with Gasteiger partial charge in [-0.25, -0.2) is 11.1 Å². The van der Waals surface area contributed by atoms with Crippen LogP contribution >= 0.6 is 0 Å². The van der Waals surface area contributed by atoms with Gasteiger partial charge in [0.25, 0.3) is 0 Å². The number of rotatable bonds is 34. The Morgan fingerprint density at radius 1 is 0.722 bits per heavy atom. The van der Waals surface area contributed by atoms with Gasteiger partial charge in [-0.3, -0.25) is 9.69 Å². The number of hydrogen-bond acceptors (Lipinski definition) is 16. The molecule has 3 unspecified atom stereocenters. The van der Waals surface area contributed by atoms with Gasteiger partial charge in [0.1, 0.15) is 0 Å². The van der Waals surface area contributed by atoms with Crippen molar-refractivity contribution < 1.29 is 182 Å². The van der Waals surface area contributed by atoms with Crippen LogP contribution < -0.4 is 144 Å². The van der Waals surface area contributed by atoms with Crippen LogP contribution in [0.1, 0.15) is 104 Å². The summed E-state index contributed by atoms with van der Waals surface area (Å²) in [4.78, 5) is 74.9. The molecule has 0 saturated heterocycles. The van der Waals surface area contributed by atoms with Crippen LogP contribution in [-0.2, 0) is 38.3 Å². The van der Waals surface area contributed by atoms with Gasteiger partial charge in [0.15, 0.2) is 6.10 Å². The first kappa shape index (κ1) is 66.6. The number of unbranched alkanes of at least 4 members (excludes halogenated alkanes) is 9. The first-order chi connectivity index (χ1) is 23.4. The molecule has 0 spiro atoms. The molecular weight excluding hydrogens is 752 g/mol. The Bertz CT molecular complexity index is 961. The molecule has 0 aromatic carbocycles. The summed E-state index contributed by atoms with van der Waals surface area (Å²) in [5.41, 5.74) is 2.38. The molecule has 0 aliphatic rings. The molecule has 0 aromatic rings. The third kappa shape index (κ3) is 41.0. The molecule has 0 aliphatic heterocycles. The molecule has 21 heteroatoms. The SMILES string of the molecule is CCCCCCCCC(O)C(CCCCCCCC(=O)NCCN(C[C-]=O)CC(=O)[O-])OC(C)C(=O)ONCCN(CC(=O)[O-])CC(=O)[O-].[Na+].[Na+].[Na+].[Na+].[OH-]. The van der Waals surface area contributed by atoms with Crippen LogP contribution in [0.25, 0.3) is 0 Å². The van der Waals surface area contributed by atoms with E-state index in [4.69, 9.17) is 9.57 Å². The number of carbonyl (C=O) groups is 5. The van der Waals surface area contributed by atoms with Gasteiger partial charge >= 0.3 is 124 Å². The number of aliphatic hydroxyl groups excluding tert-OH is 1. The summed E-state index contributed by atoms with van der Waals surface area (Å²) in [5, 5.41) is 46.0. The Hall–Kier alpha value is 0.780. The number of nitrogens with one attached hydrogen (secondary N) is 2. The molecule has 0 heterocycles. The topological polar surface area (TPSA) is 271 Å². The number of ether oxygens (including phenoxy) is 1. The van der Waals surface area contributed by atoms with Crippen molar-refractivity contribution >= 4 is 36.1 Å². The number of aliphatic carboxylic acids is 3. The van der Waals surface area contributed by atoms with Crippen LogP contribution in [0.2, 0.25) is 0 Å². The number of hydroxylamine groups is 1. The molecule has 4 N–H and O–H groups in total. The van der Waals surface area contributed by atoms with E-state index < -0.39 is 61.8 Å². The van der Waals surface area contributed by atoms with Gasteiger partial charge in [-0.05, 0) is 26.2 Å². The molecule has 0 radical (unpaired) electrons. The Balaban J connectivity index is -0.00000115. The maximum Gasteiger partial charge on any atom is 1.00 e. The second-order valence-corrected chi connectivity index (χ2v) is 12.1. The minimum atomic E-state index is -1.46. The van der Waals surface area contributed by atoms with Crippen molar-refractivity contribution in [3.8, 4) is 0 Å². The van der Waals surface area contributed by atoms with Gasteiger partial charge in [-0.15, -0.1) is 0 Å². The minimum absolute atomic E-state index is 0. The molecule has 0 fully saturated rings. The van der Waals surface area contributed by atoms with Gasteiger partial charge in [0, 0.05) is 52.2 Å². The van der Waals surface area contributed by atoms with E-state index in [2.05, 4.69) is 17.7 Å². The molecule has 1 amide bonds. The molecule has 0 rings (SSSR count). The summed E-state index contributed by atoms with van der Waals surface area (Å²) in [6.07, 6.45) is 10.7. The molecule has 17 nitrogen and oxygen atoms in total. The van der Waals surface area contributed by atoms with E-state index in [1.165, 1.54) is 18.2 Å². The van der Waals surface area contributed by atoms with Crippen LogP contribution in [-0.4, -0.2) is 127 Å². The zero-order valence-corrected chi connectivity index (χ0v) is 41.6. The predicted molar refractivity (Wildman–Crippen MR) is 173 cm³/mol. The van der Waals surface area contributed by atoms with Crippen molar-refractivity contribution in [2.45, 2.75) is 122 Å². The summed E-state index contributed by atoms with van der Waals surface area (Å²) in [6, 6.07) is 0. The summed E-state index contributed by atoms with van der Waals surface area (Å²) in [5.74, 6) is -5.16. The van der Waals surface area contributed by atoms with Gasteiger partial charge in [-0.1, -0.05) is 77.7 Å². The van der Waals surface area contributed by atoms with Crippen LogP contribution in [0.15, 0.2) is 0 Å². The summed E-state index contributed by atoms with van der Waals surface area (Å²) in [7, 11) is 0. The summed E-state index contributed by atoms with van der Waals surface area (Å²) in [6.45, 7) is 2.04. The van der Waals surface area contributed by atoms with E-state index >= 15 is 0 Å². The van der Waals surface area contributed by atoms with Crippen molar-refractivity contribution in [1.82, 2.24) is 20.6 Å². The first-order valence-corrected chi connectivity index (χ1v) is 17.3. The van der Waals surface area contributed by atoms with Gasteiger partial charge < -0.3 is 64.9 Å². The van der Waals surface area contributed by atoms with Gasteiger partial charge in [0.2, 0.25) is 5.91 Å². The van der Waals surface area contributed by atoms with Crippen LogP contribution in [0.3, 0.4) is 0 Å². The molecular formula is C33H57N4Na4O13-. The smallest absolute Gasteiger partial charge is 0.870 e. The fourth-order valence-electron chi connectivity index (χ4n) is 5.07. The number of carbonyl (C=O) groups excluding carboxylic acids is 6. The van der Waals surface area contributed by atoms with Crippen molar-refractivity contribution in [3.63, 3.8) is 0 Å². The normalized spacial score (nSPS) is 11.9. The third-order valence-electron chi connectivity index (χ3n) is 7.69. The number of hydrogen-bond donors (Lipinski definition) is 3. The molecule has 0 saturated carbocycles. The second kappa shape index (κ2) is 44.9. The number of carboxylic acid groups (broad SMARTS) is 3. The Morgan fingerprint density at radius 3 is 1.74 bits per heavy atom. The summed E-state index contributed by atoms with van der Waals surface area (Å²) >= 11 is 0. The predicted octanol–water partition coefficient (Wildman–Crippen LogP) is -14.4. The number of nitrogens with zero attached hydrogens (tertiary/aromatic N) is 2. The van der Waals surface area contributed by atoms with Crippen molar-refractivity contribution in [2.24, 2.45) is 0 Å². The fourth-order valence-corrected chi connectivity index (χ4v) is 5.07. The Morgan fingerprint density at radius 2 is 1.20 bits per heavy atom. The second-order valence-electron chi connectivity index (χ2n) is 12.1. The van der Waals surface area contributed by atoms with E-state index in [1.807, 2.05) is 0 Å².